The third kappa shape index (κ3) is 6.36. The molecule has 3 aromatic rings. The molecule has 0 aliphatic rings. The van der Waals surface area contributed by atoms with Gasteiger partial charge in [0.1, 0.15) is 12.4 Å². The number of carbonyl (C=O) groups is 2. The summed E-state index contributed by atoms with van der Waals surface area (Å²) in [6.07, 6.45) is 0. The number of benzene rings is 3. The van der Waals surface area contributed by atoms with Gasteiger partial charge in [0.2, 0.25) is 0 Å². The molecule has 5 nitrogen and oxygen atoms in total. The average molecular weight is 409 g/mol. The van der Waals surface area contributed by atoms with E-state index in [1.807, 2.05) is 36.4 Å². The van der Waals surface area contributed by atoms with Crippen LogP contribution in [0.3, 0.4) is 0 Å². The van der Waals surface area contributed by atoms with Gasteiger partial charge in [0.25, 0.3) is 11.8 Å². The predicted molar refractivity (Wildman–Crippen MR) is 113 cm³/mol. The van der Waals surface area contributed by atoms with Gasteiger partial charge in [0.15, 0.2) is 0 Å². The Bertz CT molecular complexity index is 959. The van der Waals surface area contributed by atoms with Crippen LogP contribution in [-0.2, 0) is 6.61 Å². The van der Waals surface area contributed by atoms with E-state index < -0.39 is 0 Å². The van der Waals surface area contributed by atoms with Gasteiger partial charge in [0.05, 0.1) is 0 Å². The molecule has 3 aromatic carbocycles. The highest BCUT2D eigenvalue weighted by atomic mass is 35.5. The first kappa shape index (κ1) is 20.4. The van der Waals surface area contributed by atoms with Crippen molar-refractivity contribution in [2.24, 2.45) is 0 Å². The monoisotopic (exact) mass is 408 g/mol. The largest absolute Gasteiger partial charge is 0.489 e. The van der Waals surface area contributed by atoms with E-state index in [4.69, 9.17) is 16.3 Å². The Morgan fingerprint density at radius 3 is 2.10 bits per heavy atom. The summed E-state index contributed by atoms with van der Waals surface area (Å²) < 4.78 is 5.75. The predicted octanol–water partition coefficient (Wildman–Crippen LogP) is 4.08. The second-order valence-electron chi connectivity index (χ2n) is 6.32. The maximum Gasteiger partial charge on any atom is 0.251 e. The molecule has 0 aliphatic heterocycles. The fourth-order valence-electron chi connectivity index (χ4n) is 2.63. The molecule has 0 atom stereocenters. The van der Waals surface area contributed by atoms with Crippen molar-refractivity contribution in [1.82, 2.24) is 10.6 Å². The van der Waals surface area contributed by atoms with Crippen LogP contribution in [0, 0.1) is 0 Å². The molecule has 6 heteroatoms. The van der Waals surface area contributed by atoms with Crippen molar-refractivity contribution in [3.63, 3.8) is 0 Å². The van der Waals surface area contributed by atoms with Gasteiger partial charge in [-0.05, 0) is 48.0 Å². The van der Waals surface area contributed by atoms with Crippen LogP contribution in [0.1, 0.15) is 26.3 Å². The van der Waals surface area contributed by atoms with Gasteiger partial charge in [-0.2, -0.15) is 0 Å². The number of hydrogen-bond acceptors (Lipinski definition) is 3. The van der Waals surface area contributed by atoms with Crippen molar-refractivity contribution < 1.29 is 14.3 Å². The first-order chi connectivity index (χ1) is 14.1. The molecule has 0 unspecified atom stereocenters. The van der Waals surface area contributed by atoms with E-state index in [-0.39, 0.29) is 11.8 Å². The first-order valence-corrected chi connectivity index (χ1v) is 9.58. The normalized spacial score (nSPS) is 10.2. The van der Waals surface area contributed by atoms with Gasteiger partial charge < -0.3 is 15.4 Å². The Morgan fingerprint density at radius 2 is 1.41 bits per heavy atom. The molecule has 0 saturated heterocycles. The van der Waals surface area contributed by atoms with Gasteiger partial charge in [0, 0.05) is 29.2 Å². The minimum absolute atomic E-state index is 0.216. The maximum absolute atomic E-state index is 12.3. The van der Waals surface area contributed by atoms with Crippen LogP contribution in [0.5, 0.6) is 5.75 Å². The quantitative estimate of drug-likeness (QED) is 0.552. The fraction of sp³-hybridized carbons (Fsp3) is 0.130. The van der Waals surface area contributed by atoms with Crippen molar-refractivity contribution >= 4 is 23.4 Å². The van der Waals surface area contributed by atoms with Gasteiger partial charge in [-0.3, -0.25) is 9.59 Å². The summed E-state index contributed by atoms with van der Waals surface area (Å²) in [6, 6.07) is 23.4. The smallest absolute Gasteiger partial charge is 0.251 e. The molecule has 0 heterocycles. The standard InChI is InChI=1S/C23H21ClN2O3/c24-20-11-9-18(10-12-20)22(27)25-13-14-26-23(28)19-7-4-8-21(15-19)29-16-17-5-2-1-3-6-17/h1-12,15H,13-14,16H2,(H,25,27)(H,26,28). The molecule has 0 fully saturated rings. The average Bonchev–Trinajstić information content (AvgIpc) is 2.76. The number of amides is 2. The molecule has 0 saturated carbocycles. The third-order valence-electron chi connectivity index (χ3n) is 4.15. The van der Waals surface area contributed by atoms with Crippen LogP contribution in [0.15, 0.2) is 78.9 Å². The third-order valence-corrected chi connectivity index (χ3v) is 4.40. The lowest BCUT2D eigenvalue weighted by Crippen LogP contribution is -2.34. The lowest BCUT2D eigenvalue weighted by molar-refractivity contribution is 0.0927. The van der Waals surface area contributed by atoms with E-state index in [1.54, 1.807) is 42.5 Å². The van der Waals surface area contributed by atoms with Crippen molar-refractivity contribution in [1.29, 1.82) is 0 Å². The Balaban J connectivity index is 1.44. The highest BCUT2D eigenvalue weighted by molar-refractivity contribution is 6.30. The summed E-state index contributed by atoms with van der Waals surface area (Å²) in [4.78, 5) is 24.3. The molecule has 0 aromatic heterocycles. The molecule has 0 radical (unpaired) electrons. The summed E-state index contributed by atoms with van der Waals surface area (Å²) in [5, 5.41) is 6.11. The van der Waals surface area contributed by atoms with Gasteiger partial charge in [-0.15, -0.1) is 0 Å². The second-order valence-corrected chi connectivity index (χ2v) is 6.76. The Hall–Kier alpha value is -3.31. The molecule has 2 amide bonds. The van der Waals surface area contributed by atoms with E-state index >= 15 is 0 Å². The Labute approximate surface area is 174 Å². The number of ether oxygens (including phenoxy) is 1. The summed E-state index contributed by atoms with van der Waals surface area (Å²) >= 11 is 5.81. The van der Waals surface area contributed by atoms with Gasteiger partial charge in [-0.1, -0.05) is 48.0 Å². The van der Waals surface area contributed by atoms with Crippen molar-refractivity contribution in [3.05, 3.63) is 101 Å². The molecule has 29 heavy (non-hydrogen) atoms. The summed E-state index contributed by atoms with van der Waals surface area (Å²) in [6.45, 7) is 1.06. The SMILES string of the molecule is O=C(NCCNC(=O)c1cccc(OCc2ccccc2)c1)c1ccc(Cl)cc1. The van der Waals surface area contributed by atoms with E-state index in [2.05, 4.69) is 10.6 Å². The molecular weight excluding hydrogens is 388 g/mol. The number of carbonyl (C=O) groups excluding carboxylic acids is 2. The summed E-state index contributed by atoms with van der Waals surface area (Å²) in [5.74, 6) is 0.181. The minimum atomic E-state index is -0.226. The van der Waals surface area contributed by atoms with Crippen LogP contribution >= 0.6 is 11.6 Å². The van der Waals surface area contributed by atoms with Crippen LogP contribution in [-0.4, -0.2) is 24.9 Å². The molecule has 148 valence electrons. The molecular formula is C23H21ClN2O3. The van der Waals surface area contributed by atoms with Crippen molar-refractivity contribution in [3.8, 4) is 5.75 Å². The highest BCUT2D eigenvalue weighted by Gasteiger charge is 2.08. The number of rotatable bonds is 8. The minimum Gasteiger partial charge on any atom is -0.489 e. The zero-order valence-corrected chi connectivity index (χ0v) is 16.5. The van der Waals surface area contributed by atoms with E-state index in [0.717, 1.165) is 5.56 Å². The van der Waals surface area contributed by atoms with Crippen molar-refractivity contribution in [2.75, 3.05) is 13.1 Å². The van der Waals surface area contributed by atoms with E-state index in [1.165, 1.54) is 0 Å². The fourth-order valence-corrected chi connectivity index (χ4v) is 2.75. The maximum atomic E-state index is 12.3. The Morgan fingerprint density at radius 1 is 0.759 bits per heavy atom. The van der Waals surface area contributed by atoms with Crippen LogP contribution < -0.4 is 15.4 Å². The number of nitrogens with one attached hydrogen (secondary N) is 2. The molecule has 0 spiro atoms. The molecule has 3 rings (SSSR count). The van der Waals surface area contributed by atoms with E-state index in [9.17, 15) is 9.59 Å². The van der Waals surface area contributed by atoms with Gasteiger partial charge >= 0.3 is 0 Å². The first-order valence-electron chi connectivity index (χ1n) is 9.20. The topological polar surface area (TPSA) is 67.4 Å². The summed E-state index contributed by atoms with van der Waals surface area (Å²) in [5.41, 5.74) is 2.07. The zero-order valence-electron chi connectivity index (χ0n) is 15.7. The summed E-state index contributed by atoms with van der Waals surface area (Å²) in [7, 11) is 0. The lowest BCUT2D eigenvalue weighted by atomic mass is 10.2. The van der Waals surface area contributed by atoms with Gasteiger partial charge in [-0.25, -0.2) is 0 Å². The molecule has 0 bridgehead atoms. The van der Waals surface area contributed by atoms with Crippen molar-refractivity contribution in [2.45, 2.75) is 6.61 Å². The molecule has 2 N–H and O–H groups in total. The van der Waals surface area contributed by atoms with Crippen LogP contribution in [0.25, 0.3) is 0 Å². The lowest BCUT2D eigenvalue weighted by Gasteiger charge is -2.10. The van der Waals surface area contributed by atoms with Crippen LogP contribution in [0.2, 0.25) is 5.02 Å². The number of hydrogen-bond donors (Lipinski definition) is 2. The van der Waals surface area contributed by atoms with Crippen LogP contribution in [0.4, 0.5) is 0 Å². The second kappa shape index (κ2) is 10.3. The highest BCUT2D eigenvalue weighted by Crippen LogP contribution is 2.15. The van der Waals surface area contributed by atoms with E-state index in [0.29, 0.717) is 41.6 Å². The number of halogens is 1. The molecule has 0 aliphatic carbocycles. The Kier molecular flexibility index (Phi) is 7.25. The zero-order chi connectivity index (χ0) is 20.5.